The number of hydrogen-bond acceptors (Lipinski definition) is 17. The van der Waals surface area contributed by atoms with Crippen molar-refractivity contribution in [3.8, 4) is 34.8 Å². The van der Waals surface area contributed by atoms with Gasteiger partial charge in [-0.25, -0.2) is 32.5 Å². The number of aliphatic hydroxyl groups is 1. The number of rotatable bonds is 18. The summed E-state index contributed by atoms with van der Waals surface area (Å²) in [7, 11) is -3.27. The van der Waals surface area contributed by atoms with Crippen LogP contribution in [0.15, 0.2) is 71.9 Å². The Morgan fingerprint density at radius 1 is 0.887 bits per heavy atom. The molecule has 2 aromatic carbocycles. The fourth-order valence-electron chi connectivity index (χ4n) is 4.67. The highest BCUT2D eigenvalue weighted by Crippen LogP contribution is 2.44. The molecule has 0 aliphatic heterocycles. The van der Waals surface area contributed by atoms with Crippen LogP contribution in [-0.4, -0.2) is 95.2 Å². The minimum atomic E-state index is -4.68. The Bertz CT molecular complexity index is 1890. The standard InChI is InChI=1S/C34H42N6O12S/c1-23(51-33(42)49-20-8-9-21-50-40(43)44)39(53(45,46)25-15-13-24(14-16-25)34(2,3)4)31-28(52-27-12-7-6-11-26(27)47-5)32(48-22-19-41)38-30(37-31)29-35-17-10-18-36-29/h6-7,10-18,23,41,43-44H,8-9,19-22H2,1-5H3. The third-order valence-corrected chi connectivity index (χ3v) is 9.10. The van der Waals surface area contributed by atoms with Gasteiger partial charge >= 0.3 is 6.16 Å². The number of unbranched alkanes of at least 4 members (excludes halogenated alkanes) is 1. The van der Waals surface area contributed by atoms with Crippen LogP contribution in [0.3, 0.4) is 0 Å². The van der Waals surface area contributed by atoms with Gasteiger partial charge in [-0.15, -0.1) is 0 Å². The van der Waals surface area contributed by atoms with Crippen molar-refractivity contribution >= 4 is 22.0 Å². The van der Waals surface area contributed by atoms with Gasteiger partial charge in [-0.1, -0.05) is 45.0 Å². The predicted octanol–water partition coefficient (Wildman–Crippen LogP) is 4.89. The lowest BCUT2D eigenvalue weighted by molar-refractivity contribution is -0.492. The third-order valence-electron chi connectivity index (χ3n) is 7.24. The number of carbonyl (C=O) groups is 1. The van der Waals surface area contributed by atoms with Gasteiger partial charge in [0.25, 0.3) is 15.9 Å². The maximum absolute atomic E-state index is 14.8. The second-order valence-corrected chi connectivity index (χ2v) is 13.9. The van der Waals surface area contributed by atoms with Crippen LogP contribution in [0.5, 0.6) is 23.1 Å². The molecule has 2 aromatic heterocycles. The number of carbonyl (C=O) groups excluding carboxylic acids is 1. The van der Waals surface area contributed by atoms with E-state index in [1.165, 1.54) is 38.6 Å². The zero-order chi connectivity index (χ0) is 38.6. The van der Waals surface area contributed by atoms with Crippen LogP contribution < -0.4 is 18.5 Å². The number of anilines is 1. The molecule has 0 aliphatic carbocycles. The first-order valence-corrected chi connectivity index (χ1v) is 17.7. The van der Waals surface area contributed by atoms with Crippen LogP contribution in [0, 0.1) is 0 Å². The molecular formula is C34H42N6O12S. The molecule has 0 saturated carbocycles. The first kappa shape index (κ1) is 40.6. The van der Waals surface area contributed by atoms with E-state index < -0.39 is 40.2 Å². The second-order valence-electron chi connectivity index (χ2n) is 12.1. The highest BCUT2D eigenvalue weighted by Gasteiger charge is 2.38. The average molecular weight is 759 g/mol. The van der Waals surface area contributed by atoms with Crippen LogP contribution >= 0.6 is 0 Å². The number of sulfonamides is 1. The fourth-order valence-corrected chi connectivity index (χ4v) is 6.17. The topological polar surface area (TPSA) is 225 Å². The van der Waals surface area contributed by atoms with Gasteiger partial charge in [-0.3, -0.25) is 15.3 Å². The lowest BCUT2D eigenvalue weighted by atomic mass is 9.87. The molecule has 53 heavy (non-hydrogen) atoms. The summed E-state index contributed by atoms with van der Waals surface area (Å²) in [6, 6.07) is 14.3. The summed E-state index contributed by atoms with van der Waals surface area (Å²) in [6.07, 6.45) is 0.507. The molecule has 286 valence electrons. The number of para-hydroxylation sites is 2. The Balaban J connectivity index is 1.90. The summed E-state index contributed by atoms with van der Waals surface area (Å²) in [6.45, 7) is 6.25. The summed E-state index contributed by atoms with van der Waals surface area (Å²) in [4.78, 5) is 34.7. The maximum atomic E-state index is 14.8. The molecule has 19 heteroatoms. The van der Waals surface area contributed by atoms with Crippen LogP contribution in [0.2, 0.25) is 0 Å². The van der Waals surface area contributed by atoms with Crippen molar-refractivity contribution in [1.29, 1.82) is 0 Å². The van der Waals surface area contributed by atoms with E-state index in [1.807, 2.05) is 20.8 Å². The Hall–Kier alpha value is -5.18. The van der Waals surface area contributed by atoms with Crippen LogP contribution in [-0.2, 0) is 29.7 Å². The molecule has 0 radical (unpaired) electrons. The molecular weight excluding hydrogens is 716 g/mol. The Kier molecular flexibility index (Phi) is 14.2. The van der Waals surface area contributed by atoms with Gasteiger partial charge < -0.3 is 28.8 Å². The predicted molar refractivity (Wildman–Crippen MR) is 186 cm³/mol. The molecule has 1 unspecified atom stereocenters. The Labute approximate surface area is 306 Å². The van der Waals surface area contributed by atoms with E-state index >= 15 is 0 Å². The Morgan fingerprint density at radius 3 is 2.17 bits per heavy atom. The molecule has 4 rings (SSSR count). The number of methoxy groups -OCH3 is 1. The lowest BCUT2D eigenvalue weighted by Gasteiger charge is -2.30. The van der Waals surface area contributed by atoms with Gasteiger partial charge in [0, 0.05) is 12.4 Å². The van der Waals surface area contributed by atoms with Gasteiger partial charge in [0.05, 0.1) is 37.2 Å². The summed E-state index contributed by atoms with van der Waals surface area (Å²) >= 11 is 0. The Morgan fingerprint density at radius 2 is 1.55 bits per heavy atom. The number of hydrogen-bond donors (Lipinski definition) is 3. The highest BCUT2D eigenvalue weighted by molar-refractivity contribution is 7.92. The number of nitrogens with zero attached hydrogens (tertiary/aromatic N) is 6. The monoisotopic (exact) mass is 758 g/mol. The van der Waals surface area contributed by atoms with Gasteiger partial charge in [-0.05, 0) is 61.1 Å². The van der Waals surface area contributed by atoms with E-state index in [-0.39, 0.29) is 77.8 Å². The summed E-state index contributed by atoms with van der Waals surface area (Å²) in [5.74, 6) is -0.919. The van der Waals surface area contributed by atoms with Crippen LogP contribution in [0.1, 0.15) is 46.1 Å². The van der Waals surface area contributed by atoms with E-state index in [0.29, 0.717) is 0 Å². The van der Waals surface area contributed by atoms with Crippen molar-refractivity contribution in [3.63, 3.8) is 0 Å². The number of aromatic nitrogens is 4. The quantitative estimate of drug-likeness (QED) is 0.0531. The zero-order valence-electron chi connectivity index (χ0n) is 29.8. The minimum Gasteiger partial charge on any atom is -0.493 e. The van der Waals surface area contributed by atoms with E-state index in [9.17, 15) is 18.3 Å². The van der Waals surface area contributed by atoms with Crippen molar-refractivity contribution in [2.45, 2.75) is 57.1 Å². The van der Waals surface area contributed by atoms with Crippen molar-refractivity contribution in [1.82, 2.24) is 25.3 Å². The van der Waals surface area contributed by atoms with Crippen LogP contribution in [0.25, 0.3) is 11.6 Å². The summed E-state index contributed by atoms with van der Waals surface area (Å²) < 4.78 is 58.5. The third kappa shape index (κ3) is 10.9. The number of benzene rings is 2. The molecule has 0 saturated heterocycles. The molecule has 0 bridgehead atoms. The maximum Gasteiger partial charge on any atom is 0.510 e. The molecule has 0 amide bonds. The molecule has 0 aliphatic rings. The number of ether oxygens (including phenoxy) is 5. The normalized spacial score (nSPS) is 12.2. The van der Waals surface area contributed by atoms with E-state index in [1.54, 1.807) is 42.5 Å². The minimum absolute atomic E-state index is 0.0132. The zero-order valence-corrected chi connectivity index (χ0v) is 30.6. The smallest absolute Gasteiger partial charge is 0.493 e. The highest BCUT2D eigenvalue weighted by atomic mass is 32.2. The van der Waals surface area contributed by atoms with E-state index in [4.69, 9.17) is 34.1 Å². The first-order valence-electron chi connectivity index (χ1n) is 16.3. The molecule has 3 N–H and O–H groups in total. The van der Waals surface area contributed by atoms with Crippen molar-refractivity contribution in [2.24, 2.45) is 0 Å². The van der Waals surface area contributed by atoms with Crippen molar-refractivity contribution < 1.29 is 57.3 Å². The SMILES string of the molecule is COc1ccccc1Oc1c(OCCO)nc(-c2ncccn2)nc1N(C(C)OC(=O)OCCCCON(O)O)S(=O)(=O)c1ccc(C(C)(C)C)cc1. The first-order chi connectivity index (χ1) is 25.3. The average Bonchev–Trinajstić information content (AvgIpc) is 3.13. The van der Waals surface area contributed by atoms with E-state index in [0.717, 1.165) is 9.87 Å². The molecule has 2 heterocycles. The van der Waals surface area contributed by atoms with Gasteiger partial charge in [-0.2, -0.15) is 4.98 Å². The van der Waals surface area contributed by atoms with Crippen LogP contribution in [0.4, 0.5) is 10.6 Å². The molecule has 0 fully saturated rings. The summed E-state index contributed by atoms with van der Waals surface area (Å²) in [5, 5.41) is 26.6. The molecule has 1 atom stereocenters. The summed E-state index contributed by atoms with van der Waals surface area (Å²) in [5.41, 5.74) is 0.563. The fraction of sp³-hybridized carbons (Fsp3) is 0.382. The molecule has 0 spiro atoms. The van der Waals surface area contributed by atoms with Gasteiger partial charge in [0.1, 0.15) is 6.61 Å². The number of aliphatic hydroxyl groups excluding tert-OH is 1. The van der Waals surface area contributed by atoms with Crippen molar-refractivity contribution in [3.05, 3.63) is 72.6 Å². The van der Waals surface area contributed by atoms with Gasteiger partial charge in [0.15, 0.2) is 29.4 Å². The molecule has 4 aromatic rings. The van der Waals surface area contributed by atoms with Gasteiger partial charge in [0.2, 0.25) is 11.6 Å². The van der Waals surface area contributed by atoms with E-state index in [2.05, 4.69) is 24.8 Å². The van der Waals surface area contributed by atoms with Crippen molar-refractivity contribution in [2.75, 3.05) is 37.8 Å². The molecule has 18 nitrogen and oxygen atoms in total. The lowest BCUT2D eigenvalue weighted by Crippen LogP contribution is -2.42. The second kappa shape index (κ2) is 18.5. The largest absolute Gasteiger partial charge is 0.510 e.